The van der Waals surface area contributed by atoms with E-state index in [1.807, 2.05) is 0 Å². The maximum absolute atomic E-state index is 13.0. The van der Waals surface area contributed by atoms with E-state index in [1.165, 1.54) is 0 Å². The molecule has 0 atom stereocenters. The minimum Gasteiger partial charge on any atom is -0.434 e. The molecule has 4 aromatic rings. The number of rotatable bonds is 2. The van der Waals surface area contributed by atoms with Crippen molar-refractivity contribution in [3.05, 3.63) is 28.3 Å². The summed E-state index contributed by atoms with van der Waals surface area (Å²) in [6.45, 7) is 0. The van der Waals surface area contributed by atoms with Crippen LogP contribution in [0.4, 0.5) is 5.82 Å². The van der Waals surface area contributed by atoms with Crippen LogP contribution in [0.15, 0.2) is 21.5 Å². The molecule has 4 heterocycles. The van der Waals surface area contributed by atoms with Gasteiger partial charge in [0, 0.05) is 5.92 Å². The van der Waals surface area contributed by atoms with Gasteiger partial charge >= 0.3 is 0 Å². The van der Waals surface area contributed by atoms with Crippen LogP contribution in [0.25, 0.3) is 33.6 Å². The molecule has 0 aromatic carbocycles. The van der Waals surface area contributed by atoms with Gasteiger partial charge in [0.15, 0.2) is 11.1 Å². The number of hydrogen-bond acceptors (Lipinski definition) is 9. The Hall–Kier alpha value is -3.43. The zero-order valence-electron chi connectivity index (χ0n) is 13.6. The topological polar surface area (TPSA) is 149 Å². The number of nitrogens with zero attached hydrogens (tertiary/aromatic N) is 6. The van der Waals surface area contributed by atoms with Crippen molar-refractivity contribution in [2.75, 3.05) is 5.73 Å². The Morgan fingerprint density at radius 3 is 2.85 bits per heavy atom. The number of H-pyrrole nitrogens is 1. The zero-order chi connectivity index (χ0) is 17.7. The van der Waals surface area contributed by atoms with Gasteiger partial charge in [-0.15, -0.1) is 10.2 Å². The highest BCUT2D eigenvalue weighted by Crippen LogP contribution is 2.32. The summed E-state index contributed by atoms with van der Waals surface area (Å²) in [6, 6.07) is 1.56. The Balaban J connectivity index is 1.75. The second kappa shape index (κ2) is 5.55. The number of pyridine rings is 1. The first-order chi connectivity index (χ1) is 12.7. The molecule has 0 unspecified atom stereocenters. The van der Waals surface area contributed by atoms with Crippen LogP contribution in [0, 0.1) is 0 Å². The third-order valence-corrected chi connectivity index (χ3v) is 4.76. The first-order valence-corrected chi connectivity index (χ1v) is 8.34. The number of anilines is 1. The summed E-state index contributed by atoms with van der Waals surface area (Å²) >= 11 is 0. The third-order valence-electron chi connectivity index (χ3n) is 4.76. The molecule has 0 saturated heterocycles. The Morgan fingerprint density at radius 2 is 2.08 bits per heavy atom. The van der Waals surface area contributed by atoms with Crippen molar-refractivity contribution in [3.8, 4) is 11.4 Å². The Kier molecular flexibility index (Phi) is 3.17. The van der Waals surface area contributed by atoms with Crippen LogP contribution in [0.5, 0.6) is 0 Å². The maximum Gasteiger partial charge on any atom is 0.232 e. The highest BCUT2D eigenvalue weighted by atomic mass is 16.3. The van der Waals surface area contributed by atoms with E-state index < -0.39 is 0 Å². The fourth-order valence-electron chi connectivity index (χ4n) is 3.44. The predicted octanol–water partition coefficient (Wildman–Crippen LogP) is 1.55. The first-order valence-electron chi connectivity index (χ1n) is 8.34. The van der Waals surface area contributed by atoms with Crippen LogP contribution in [0.3, 0.4) is 0 Å². The number of nitrogen functional groups attached to an aromatic ring is 1. The van der Waals surface area contributed by atoms with Gasteiger partial charge in [-0.25, -0.2) is 9.97 Å². The lowest BCUT2D eigenvalue weighted by Gasteiger charge is -2.08. The summed E-state index contributed by atoms with van der Waals surface area (Å²) in [6.07, 6.45) is 5.96. The minimum atomic E-state index is -0.278. The van der Waals surface area contributed by atoms with E-state index in [0.29, 0.717) is 22.9 Å². The maximum atomic E-state index is 13.0. The molecule has 5 rings (SSSR count). The van der Waals surface area contributed by atoms with Gasteiger partial charge in [-0.1, -0.05) is 12.8 Å². The Labute approximate surface area is 145 Å². The summed E-state index contributed by atoms with van der Waals surface area (Å²) in [5.41, 5.74) is 6.75. The Bertz CT molecular complexity index is 1180. The van der Waals surface area contributed by atoms with Gasteiger partial charge in [0.25, 0.3) is 0 Å². The van der Waals surface area contributed by atoms with Crippen molar-refractivity contribution < 1.29 is 4.42 Å². The minimum absolute atomic E-state index is 0.129. The molecule has 1 fully saturated rings. The van der Waals surface area contributed by atoms with Crippen LogP contribution < -0.4 is 11.2 Å². The van der Waals surface area contributed by atoms with Crippen LogP contribution in [-0.2, 0) is 0 Å². The number of aromatic nitrogens is 7. The molecular weight excluding hydrogens is 336 g/mol. The number of nitrogens with two attached hydrogens (primary N) is 1. The van der Waals surface area contributed by atoms with Crippen LogP contribution in [-0.4, -0.2) is 35.6 Å². The van der Waals surface area contributed by atoms with Gasteiger partial charge in [-0.05, 0) is 24.1 Å². The number of hydrogen-bond donors (Lipinski definition) is 2. The average molecular weight is 350 g/mol. The SMILES string of the molecule is Nc1nc2oc3cnc(C4CCCC4)nc3c(=O)c2cc1-c1nn[nH]n1. The number of tetrazole rings is 1. The van der Waals surface area contributed by atoms with E-state index in [9.17, 15) is 4.79 Å². The van der Waals surface area contributed by atoms with E-state index in [2.05, 4.69) is 35.6 Å². The van der Waals surface area contributed by atoms with Gasteiger partial charge in [-0.3, -0.25) is 4.79 Å². The summed E-state index contributed by atoms with van der Waals surface area (Å²) in [4.78, 5) is 26.0. The number of aromatic amines is 1. The van der Waals surface area contributed by atoms with Crippen molar-refractivity contribution in [1.82, 2.24) is 35.6 Å². The monoisotopic (exact) mass is 350 g/mol. The molecule has 130 valence electrons. The molecule has 1 saturated carbocycles. The molecule has 1 aliphatic carbocycles. The van der Waals surface area contributed by atoms with Gasteiger partial charge in [0.2, 0.25) is 17.0 Å². The largest absolute Gasteiger partial charge is 0.434 e. The molecule has 10 nitrogen and oxygen atoms in total. The van der Waals surface area contributed by atoms with Crippen LogP contribution in [0.1, 0.15) is 37.4 Å². The third kappa shape index (κ3) is 2.22. The van der Waals surface area contributed by atoms with Crippen molar-refractivity contribution >= 4 is 28.0 Å². The second-order valence-corrected chi connectivity index (χ2v) is 6.36. The summed E-state index contributed by atoms with van der Waals surface area (Å²) < 4.78 is 5.72. The van der Waals surface area contributed by atoms with Crippen LogP contribution >= 0.6 is 0 Å². The van der Waals surface area contributed by atoms with Crippen molar-refractivity contribution in [3.63, 3.8) is 0 Å². The normalized spacial score (nSPS) is 15.2. The highest BCUT2D eigenvalue weighted by molar-refractivity contribution is 5.89. The average Bonchev–Trinajstić information content (AvgIpc) is 3.35. The summed E-state index contributed by atoms with van der Waals surface area (Å²) in [7, 11) is 0. The number of nitrogens with one attached hydrogen (secondary N) is 1. The summed E-state index contributed by atoms with van der Waals surface area (Å²) in [5.74, 6) is 1.40. The van der Waals surface area contributed by atoms with Crippen molar-refractivity contribution in [2.24, 2.45) is 0 Å². The first kappa shape index (κ1) is 14.9. The van der Waals surface area contributed by atoms with E-state index in [4.69, 9.17) is 10.2 Å². The Morgan fingerprint density at radius 1 is 1.23 bits per heavy atom. The molecule has 26 heavy (non-hydrogen) atoms. The molecule has 0 bridgehead atoms. The second-order valence-electron chi connectivity index (χ2n) is 6.36. The molecule has 0 radical (unpaired) electrons. The highest BCUT2D eigenvalue weighted by Gasteiger charge is 2.22. The molecule has 0 spiro atoms. The zero-order valence-corrected chi connectivity index (χ0v) is 13.6. The fourth-order valence-corrected chi connectivity index (χ4v) is 3.44. The lowest BCUT2D eigenvalue weighted by molar-refractivity contribution is 0.630. The van der Waals surface area contributed by atoms with Gasteiger partial charge in [0.05, 0.1) is 17.1 Å². The van der Waals surface area contributed by atoms with E-state index >= 15 is 0 Å². The molecular formula is C16H14N8O2. The van der Waals surface area contributed by atoms with Crippen molar-refractivity contribution in [1.29, 1.82) is 0 Å². The van der Waals surface area contributed by atoms with E-state index in [-0.39, 0.29) is 33.7 Å². The van der Waals surface area contributed by atoms with Crippen molar-refractivity contribution in [2.45, 2.75) is 31.6 Å². The van der Waals surface area contributed by atoms with E-state index in [1.54, 1.807) is 12.3 Å². The van der Waals surface area contributed by atoms with E-state index in [0.717, 1.165) is 25.7 Å². The molecule has 0 amide bonds. The molecule has 1 aliphatic rings. The van der Waals surface area contributed by atoms with Gasteiger partial charge < -0.3 is 10.2 Å². The summed E-state index contributed by atoms with van der Waals surface area (Å²) in [5, 5.41) is 13.9. The molecule has 10 heteroatoms. The predicted molar refractivity (Wildman–Crippen MR) is 92.2 cm³/mol. The standard InChI is InChI=1S/C16H14N8O2/c17-13-9(15-21-23-24-22-15)5-8-12(25)11-10(26-16(8)20-13)6-18-14(19-11)7-3-1-2-4-7/h5-7H,1-4H2,(H2,17,20)(H,21,22,23,24). The van der Waals surface area contributed by atoms with Gasteiger partial charge in [-0.2, -0.15) is 10.2 Å². The quantitative estimate of drug-likeness (QED) is 0.513. The molecule has 3 N–H and O–H groups in total. The number of fused-ring (bicyclic) bond motifs is 2. The smallest absolute Gasteiger partial charge is 0.232 e. The molecule has 4 aromatic heterocycles. The lowest BCUT2D eigenvalue weighted by Crippen LogP contribution is -2.10. The van der Waals surface area contributed by atoms with Crippen LogP contribution in [0.2, 0.25) is 0 Å². The fraction of sp³-hybridized carbons (Fsp3) is 0.312. The lowest BCUT2D eigenvalue weighted by atomic mass is 10.1. The van der Waals surface area contributed by atoms with Gasteiger partial charge in [0.1, 0.15) is 11.6 Å². The molecule has 0 aliphatic heterocycles.